The van der Waals surface area contributed by atoms with Gasteiger partial charge in [0, 0.05) is 16.2 Å². The molecule has 1 heterocycles. The molecular weight excluding hydrogens is 371 g/mol. The number of nitrogens with one attached hydrogen (secondary N) is 1. The van der Waals surface area contributed by atoms with Crippen LogP contribution in [0.3, 0.4) is 0 Å². The van der Waals surface area contributed by atoms with Crippen molar-refractivity contribution in [1.82, 2.24) is 9.97 Å². The predicted molar refractivity (Wildman–Crippen MR) is 70.7 cm³/mol. The zero-order valence-corrected chi connectivity index (χ0v) is 11.2. The number of halogens is 2. The molecule has 0 saturated carbocycles. The first-order valence-electron chi connectivity index (χ1n) is 4.17. The highest BCUT2D eigenvalue weighted by molar-refractivity contribution is 14.1. The Hall–Kier alpha value is -0.690. The van der Waals surface area contributed by atoms with Crippen molar-refractivity contribution in [2.24, 2.45) is 0 Å². The van der Waals surface area contributed by atoms with Crippen molar-refractivity contribution >= 4 is 38.5 Å². The van der Waals surface area contributed by atoms with Gasteiger partial charge < -0.3 is 4.98 Å². The van der Waals surface area contributed by atoms with E-state index in [1.807, 2.05) is 46.9 Å². The molecule has 2 rings (SSSR count). The minimum Gasteiger partial charge on any atom is -0.306 e. The maximum absolute atomic E-state index is 11.4. The summed E-state index contributed by atoms with van der Waals surface area (Å²) in [4.78, 5) is 18.3. The smallest absolute Gasteiger partial charge is 0.264 e. The van der Waals surface area contributed by atoms with Crippen LogP contribution in [0.25, 0.3) is 11.4 Å². The maximum Gasteiger partial charge on any atom is 0.264 e. The average Bonchev–Trinajstić information content (AvgIpc) is 2.22. The summed E-state index contributed by atoms with van der Waals surface area (Å²) in [6, 6.07) is 7.63. The van der Waals surface area contributed by atoms with Crippen molar-refractivity contribution in [2.45, 2.75) is 0 Å². The van der Waals surface area contributed by atoms with Crippen LogP contribution in [0.4, 0.5) is 0 Å². The number of aromatic amines is 1. The van der Waals surface area contributed by atoms with Crippen molar-refractivity contribution in [3.05, 3.63) is 48.9 Å². The van der Waals surface area contributed by atoms with E-state index in [0.717, 1.165) is 10.0 Å². The van der Waals surface area contributed by atoms with E-state index in [1.54, 1.807) is 6.20 Å². The van der Waals surface area contributed by atoms with Gasteiger partial charge in [-0.2, -0.15) is 0 Å². The van der Waals surface area contributed by atoms with Gasteiger partial charge in [-0.1, -0.05) is 28.1 Å². The SMILES string of the molecule is O=c1[nH]c(-c2cccc(Br)c2)ncc1I. The molecule has 0 radical (unpaired) electrons. The summed E-state index contributed by atoms with van der Waals surface area (Å²) in [6.07, 6.45) is 1.57. The zero-order chi connectivity index (χ0) is 10.8. The first-order valence-corrected chi connectivity index (χ1v) is 6.05. The molecule has 76 valence electrons. The fraction of sp³-hybridized carbons (Fsp3) is 0. The van der Waals surface area contributed by atoms with Crippen molar-refractivity contribution in [1.29, 1.82) is 0 Å². The molecule has 0 unspecified atom stereocenters. The summed E-state index contributed by atoms with van der Waals surface area (Å²) >= 11 is 5.32. The number of H-pyrrole nitrogens is 1. The van der Waals surface area contributed by atoms with Crippen LogP contribution in [0.1, 0.15) is 0 Å². The second-order valence-electron chi connectivity index (χ2n) is 2.92. The van der Waals surface area contributed by atoms with Gasteiger partial charge in [0.05, 0.1) is 3.57 Å². The van der Waals surface area contributed by atoms with Gasteiger partial charge in [0.2, 0.25) is 0 Å². The van der Waals surface area contributed by atoms with Crippen molar-refractivity contribution in [3.63, 3.8) is 0 Å². The first-order chi connectivity index (χ1) is 7.16. The lowest BCUT2D eigenvalue weighted by molar-refractivity contribution is 1.11. The van der Waals surface area contributed by atoms with E-state index in [4.69, 9.17) is 0 Å². The van der Waals surface area contributed by atoms with Crippen LogP contribution in [0.15, 0.2) is 39.7 Å². The molecule has 0 amide bonds. The topological polar surface area (TPSA) is 45.8 Å². The zero-order valence-electron chi connectivity index (χ0n) is 7.50. The molecule has 0 spiro atoms. The summed E-state index contributed by atoms with van der Waals surface area (Å²) in [6.45, 7) is 0. The molecule has 1 aromatic heterocycles. The summed E-state index contributed by atoms with van der Waals surface area (Å²) in [5, 5.41) is 0. The molecule has 0 saturated heterocycles. The first kappa shape index (κ1) is 10.8. The maximum atomic E-state index is 11.4. The number of nitrogens with zero attached hydrogens (tertiary/aromatic N) is 1. The van der Waals surface area contributed by atoms with E-state index >= 15 is 0 Å². The average molecular weight is 377 g/mol. The Morgan fingerprint density at radius 3 is 2.87 bits per heavy atom. The van der Waals surface area contributed by atoms with Crippen LogP contribution >= 0.6 is 38.5 Å². The Morgan fingerprint density at radius 2 is 2.20 bits per heavy atom. The lowest BCUT2D eigenvalue weighted by Gasteiger charge is -2.00. The molecule has 5 heteroatoms. The van der Waals surface area contributed by atoms with Gasteiger partial charge >= 0.3 is 0 Å². The summed E-state index contributed by atoms with van der Waals surface area (Å²) in [7, 11) is 0. The highest BCUT2D eigenvalue weighted by Gasteiger charge is 2.02. The van der Waals surface area contributed by atoms with Gasteiger partial charge in [0.25, 0.3) is 5.56 Å². The van der Waals surface area contributed by atoms with Gasteiger partial charge in [0.15, 0.2) is 0 Å². The van der Waals surface area contributed by atoms with Crippen LogP contribution in [0, 0.1) is 3.57 Å². The number of hydrogen-bond donors (Lipinski definition) is 1. The second kappa shape index (κ2) is 4.44. The van der Waals surface area contributed by atoms with E-state index < -0.39 is 0 Å². The Morgan fingerprint density at radius 1 is 1.40 bits per heavy atom. The molecule has 0 aliphatic heterocycles. The minimum atomic E-state index is -0.111. The molecule has 1 N–H and O–H groups in total. The second-order valence-corrected chi connectivity index (χ2v) is 5.00. The number of hydrogen-bond acceptors (Lipinski definition) is 2. The molecule has 0 atom stereocenters. The largest absolute Gasteiger partial charge is 0.306 e. The lowest BCUT2D eigenvalue weighted by Crippen LogP contribution is -2.11. The molecule has 15 heavy (non-hydrogen) atoms. The summed E-state index contributed by atoms with van der Waals surface area (Å²) in [5.74, 6) is 0.585. The molecule has 0 bridgehead atoms. The Bertz CT molecular complexity index is 553. The summed E-state index contributed by atoms with van der Waals surface area (Å²) < 4.78 is 1.55. The number of rotatable bonds is 1. The number of aromatic nitrogens is 2. The van der Waals surface area contributed by atoms with Gasteiger partial charge in [-0.15, -0.1) is 0 Å². The fourth-order valence-electron chi connectivity index (χ4n) is 1.16. The van der Waals surface area contributed by atoms with E-state index in [0.29, 0.717) is 9.39 Å². The standard InChI is InChI=1S/C10H6BrIN2O/c11-7-3-1-2-6(4-7)9-13-5-8(12)10(15)14-9/h1-5H,(H,13,14,15). The highest BCUT2D eigenvalue weighted by atomic mass is 127. The molecule has 1 aromatic carbocycles. The van der Waals surface area contributed by atoms with Crippen LogP contribution in [0.5, 0.6) is 0 Å². The third kappa shape index (κ3) is 2.46. The monoisotopic (exact) mass is 376 g/mol. The van der Waals surface area contributed by atoms with Crippen molar-refractivity contribution < 1.29 is 0 Å². The predicted octanol–water partition coefficient (Wildman–Crippen LogP) is 2.80. The van der Waals surface area contributed by atoms with Crippen LogP contribution in [-0.2, 0) is 0 Å². The highest BCUT2D eigenvalue weighted by Crippen LogP contribution is 2.18. The lowest BCUT2D eigenvalue weighted by atomic mass is 10.2. The van der Waals surface area contributed by atoms with Crippen LogP contribution in [0.2, 0.25) is 0 Å². The van der Waals surface area contributed by atoms with Crippen molar-refractivity contribution in [3.8, 4) is 11.4 Å². The minimum absolute atomic E-state index is 0.111. The molecule has 0 aliphatic rings. The van der Waals surface area contributed by atoms with Crippen molar-refractivity contribution in [2.75, 3.05) is 0 Å². The fourth-order valence-corrected chi connectivity index (χ4v) is 1.84. The van der Waals surface area contributed by atoms with E-state index in [-0.39, 0.29) is 5.56 Å². The van der Waals surface area contributed by atoms with Gasteiger partial charge in [-0.3, -0.25) is 4.79 Å². The molecule has 0 fully saturated rings. The molecule has 0 aliphatic carbocycles. The molecular formula is C10H6BrIN2O. The number of benzene rings is 1. The van der Waals surface area contributed by atoms with Gasteiger partial charge in [-0.05, 0) is 34.7 Å². The van der Waals surface area contributed by atoms with E-state index in [2.05, 4.69) is 25.9 Å². The Kier molecular flexibility index (Phi) is 3.20. The van der Waals surface area contributed by atoms with E-state index in [9.17, 15) is 4.79 Å². The Balaban J connectivity index is 2.55. The molecule has 3 nitrogen and oxygen atoms in total. The van der Waals surface area contributed by atoms with Gasteiger partial charge in [0.1, 0.15) is 5.82 Å². The Labute approximate surface area is 108 Å². The third-order valence-corrected chi connectivity index (χ3v) is 3.12. The normalized spacial score (nSPS) is 10.3. The third-order valence-electron chi connectivity index (χ3n) is 1.85. The summed E-state index contributed by atoms with van der Waals surface area (Å²) in [5.41, 5.74) is 0.776. The quantitative estimate of drug-likeness (QED) is 0.778. The van der Waals surface area contributed by atoms with E-state index in [1.165, 1.54) is 0 Å². The molecule has 2 aromatic rings. The van der Waals surface area contributed by atoms with Crippen LogP contribution < -0.4 is 5.56 Å². The van der Waals surface area contributed by atoms with Gasteiger partial charge in [-0.25, -0.2) is 4.98 Å². The van der Waals surface area contributed by atoms with Crippen LogP contribution in [-0.4, -0.2) is 9.97 Å².